The van der Waals surface area contributed by atoms with Crippen LogP contribution in [0.1, 0.15) is 23.1 Å². The van der Waals surface area contributed by atoms with Crippen molar-refractivity contribution in [2.24, 2.45) is 0 Å². The lowest BCUT2D eigenvalue weighted by molar-refractivity contribution is 0.0696. The van der Waals surface area contributed by atoms with Crippen molar-refractivity contribution in [3.8, 4) is 5.82 Å². The summed E-state index contributed by atoms with van der Waals surface area (Å²) in [6.45, 7) is 1.99. The fraction of sp³-hybridized carbons (Fsp3) is 0.182. The van der Waals surface area contributed by atoms with Crippen LogP contribution in [0.3, 0.4) is 0 Å². The van der Waals surface area contributed by atoms with Crippen molar-refractivity contribution in [3.63, 3.8) is 0 Å². The molecule has 82 valence electrons. The van der Waals surface area contributed by atoms with Crippen molar-refractivity contribution in [2.75, 3.05) is 0 Å². The van der Waals surface area contributed by atoms with Crippen LogP contribution in [-0.2, 0) is 6.42 Å². The third-order valence-electron chi connectivity index (χ3n) is 2.27. The molecule has 0 aliphatic carbocycles. The van der Waals surface area contributed by atoms with Gasteiger partial charge in [0, 0.05) is 25.0 Å². The fourth-order valence-electron chi connectivity index (χ4n) is 1.49. The summed E-state index contributed by atoms with van der Waals surface area (Å²) in [5.74, 6) is 0.478. The van der Waals surface area contributed by atoms with Gasteiger partial charge in [0.05, 0.1) is 5.56 Å². The predicted molar refractivity (Wildman–Crippen MR) is 57.7 cm³/mol. The molecule has 16 heavy (non-hydrogen) atoms. The lowest BCUT2D eigenvalue weighted by Crippen LogP contribution is -2.04. The van der Waals surface area contributed by atoms with E-state index < -0.39 is 5.97 Å². The fourth-order valence-corrected chi connectivity index (χ4v) is 1.49. The van der Waals surface area contributed by atoms with E-state index in [4.69, 9.17) is 5.11 Å². The van der Waals surface area contributed by atoms with E-state index in [1.807, 2.05) is 6.92 Å². The van der Waals surface area contributed by atoms with Crippen LogP contribution in [0.4, 0.5) is 0 Å². The minimum Gasteiger partial charge on any atom is -0.478 e. The summed E-state index contributed by atoms with van der Waals surface area (Å²) in [6.07, 6.45) is 5.70. The summed E-state index contributed by atoms with van der Waals surface area (Å²) in [4.78, 5) is 19.1. The molecule has 0 radical (unpaired) electrons. The summed E-state index contributed by atoms with van der Waals surface area (Å²) in [6, 6.07) is 3.00. The molecule has 0 atom stereocenters. The van der Waals surface area contributed by atoms with Crippen LogP contribution >= 0.6 is 0 Å². The normalized spacial score (nSPS) is 10.3. The van der Waals surface area contributed by atoms with Crippen molar-refractivity contribution in [1.29, 1.82) is 0 Å². The number of hydrogen-bond donors (Lipinski definition) is 1. The molecule has 2 aromatic rings. The summed E-state index contributed by atoms with van der Waals surface area (Å²) >= 11 is 0. The second-order valence-electron chi connectivity index (χ2n) is 3.27. The van der Waals surface area contributed by atoms with Crippen molar-refractivity contribution in [1.82, 2.24) is 14.5 Å². The standard InChI is InChI=1S/C11H11N3O2/c1-2-9-13-5-6-14(9)10-7-8(11(15)16)3-4-12-10/h3-7H,2H2,1H3,(H,15,16). The maximum atomic E-state index is 10.8. The molecule has 2 aromatic heterocycles. The molecule has 2 rings (SSSR count). The number of imidazole rings is 1. The van der Waals surface area contributed by atoms with Crippen molar-refractivity contribution in [2.45, 2.75) is 13.3 Å². The average molecular weight is 217 g/mol. The highest BCUT2D eigenvalue weighted by molar-refractivity contribution is 5.87. The quantitative estimate of drug-likeness (QED) is 0.846. The van der Waals surface area contributed by atoms with E-state index in [9.17, 15) is 4.79 Å². The number of rotatable bonds is 3. The molecule has 0 aromatic carbocycles. The van der Waals surface area contributed by atoms with E-state index in [-0.39, 0.29) is 5.56 Å². The smallest absolute Gasteiger partial charge is 0.335 e. The number of aromatic nitrogens is 3. The minimum atomic E-state index is -0.957. The largest absolute Gasteiger partial charge is 0.478 e. The van der Waals surface area contributed by atoms with Crippen LogP contribution < -0.4 is 0 Å². The first kappa shape index (κ1) is 10.4. The van der Waals surface area contributed by atoms with Gasteiger partial charge in [-0.1, -0.05) is 6.92 Å². The Bertz CT molecular complexity index is 519. The van der Waals surface area contributed by atoms with Gasteiger partial charge in [0.1, 0.15) is 11.6 Å². The lowest BCUT2D eigenvalue weighted by atomic mass is 10.2. The van der Waals surface area contributed by atoms with Crippen LogP contribution in [0.2, 0.25) is 0 Å². The zero-order valence-electron chi connectivity index (χ0n) is 8.79. The number of carboxylic acid groups (broad SMARTS) is 1. The van der Waals surface area contributed by atoms with E-state index in [0.29, 0.717) is 5.82 Å². The number of hydrogen-bond acceptors (Lipinski definition) is 3. The minimum absolute atomic E-state index is 0.223. The molecule has 1 N–H and O–H groups in total. The molecule has 5 heteroatoms. The Morgan fingerprint density at radius 3 is 2.94 bits per heavy atom. The average Bonchev–Trinajstić information content (AvgIpc) is 2.77. The lowest BCUT2D eigenvalue weighted by Gasteiger charge is -2.05. The van der Waals surface area contributed by atoms with Gasteiger partial charge in [-0.15, -0.1) is 0 Å². The molecule has 0 saturated carbocycles. The maximum Gasteiger partial charge on any atom is 0.335 e. The maximum absolute atomic E-state index is 10.8. The molecular formula is C11H11N3O2. The summed E-state index contributed by atoms with van der Waals surface area (Å²) in [7, 11) is 0. The van der Waals surface area contributed by atoms with E-state index in [2.05, 4.69) is 9.97 Å². The number of carboxylic acids is 1. The number of carbonyl (C=O) groups is 1. The van der Waals surface area contributed by atoms with Gasteiger partial charge in [-0.3, -0.25) is 4.57 Å². The highest BCUT2D eigenvalue weighted by atomic mass is 16.4. The van der Waals surface area contributed by atoms with Crippen LogP contribution in [0.5, 0.6) is 0 Å². The van der Waals surface area contributed by atoms with Crippen molar-refractivity contribution < 1.29 is 9.90 Å². The zero-order valence-corrected chi connectivity index (χ0v) is 8.79. The highest BCUT2D eigenvalue weighted by Gasteiger charge is 2.07. The SMILES string of the molecule is CCc1nccn1-c1cc(C(=O)O)ccn1. The topological polar surface area (TPSA) is 68.0 Å². The van der Waals surface area contributed by atoms with Crippen LogP contribution in [0, 0.1) is 0 Å². The summed E-state index contributed by atoms with van der Waals surface area (Å²) < 4.78 is 1.78. The zero-order chi connectivity index (χ0) is 11.5. The second-order valence-corrected chi connectivity index (χ2v) is 3.27. The van der Waals surface area contributed by atoms with Crippen LogP contribution in [0.15, 0.2) is 30.7 Å². The summed E-state index contributed by atoms with van der Waals surface area (Å²) in [5, 5.41) is 8.88. The van der Waals surface area contributed by atoms with E-state index in [1.165, 1.54) is 18.3 Å². The molecular weight excluding hydrogens is 206 g/mol. The Labute approximate surface area is 92.4 Å². The number of aromatic carboxylic acids is 1. The molecule has 0 saturated heterocycles. The molecule has 0 amide bonds. The Balaban J connectivity index is 2.48. The molecule has 0 aliphatic heterocycles. The third kappa shape index (κ3) is 1.79. The Morgan fingerprint density at radius 2 is 2.25 bits per heavy atom. The third-order valence-corrected chi connectivity index (χ3v) is 2.27. The molecule has 2 heterocycles. The Hall–Kier alpha value is -2.17. The van der Waals surface area contributed by atoms with Gasteiger partial charge in [0.2, 0.25) is 0 Å². The second kappa shape index (κ2) is 4.14. The number of nitrogens with zero attached hydrogens (tertiary/aromatic N) is 3. The molecule has 0 spiro atoms. The Morgan fingerprint density at radius 1 is 1.44 bits per heavy atom. The van der Waals surface area contributed by atoms with Gasteiger partial charge >= 0.3 is 5.97 Å². The van der Waals surface area contributed by atoms with E-state index >= 15 is 0 Å². The van der Waals surface area contributed by atoms with Gasteiger partial charge < -0.3 is 5.11 Å². The molecule has 0 fully saturated rings. The molecule has 0 aliphatic rings. The molecule has 0 unspecified atom stereocenters. The van der Waals surface area contributed by atoms with Gasteiger partial charge in [0.15, 0.2) is 0 Å². The van der Waals surface area contributed by atoms with Gasteiger partial charge in [0.25, 0.3) is 0 Å². The van der Waals surface area contributed by atoms with Crippen molar-refractivity contribution >= 4 is 5.97 Å². The van der Waals surface area contributed by atoms with Crippen LogP contribution in [-0.4, -0.2) is 25.6 Å². The first-order valence-electron chi connectivity index (χ1n) is 4.94. The van der Waals surface area contributed by atoms with Gasteiger partial charge in [-0.2, -0.15) is 0 Å². The predicted octanol–water partition coefficient (Wildman–Crippen LogP) is 1.53. The number of pyridine rings is 1. The van der Waals surface area contributed by atoms with Crippen molar-refractivity contribution in [3.05, 3.63) is 42.1 Å². The summed E-state index contributed by atoms with van der Waals surface area (Å²) in [5.41, 5.74) is 0.223. The highest BCUT2D eigenvalue weighted by Crippen LogP contribution is 2.10. The Kier molecular flexibility index (Phi) is 2.68. The van der Waals surface area contributed by atoms with E-state index in [0.717, 1.165) is 12.2 Å². The van der Waals surface area contributed by atoms with Crippen LogP contribution in [0.25, 0.3) is 5.82 Å². The van der Waals surface area contributed by atoms with Gasteiger partial charge in [-0.25, -0.2) is 14.8 Å². The first-order valence-corrected chi connectivity index (χ1v) is 4.94. The first-order chi connectivity index (χ1) is 7.72. The van der Waals surface area contributed by atoms with E-state index in [1.54, 1.807) is 17.0 Å². The molecule has 5 nitrogen and oxygen atoms in total. The monoisotopic (exact) mass is 217 g/mol. The van der Waals surface area contributed by atoms with Gasteiger partial charge in [-0.05, 0) is 12.1 Å². The number of aryl methyl sites for hydroxylation is 1. The molecule has 0 bridgehead atoms.